The highest BCUT2D eigenvalue weighted by Crippen LogP contribution is 2.31. The van der Waals surface area contributed by atoms with Gasteiger partial charge < -0.3 is 4.74 Å². The molecule has 0 saturated heterocycles. The quantitative estimate of drug-likeness (QED) is 0.813. The van der Waals surface area contributed by atoms with Crippen molar-refractivity contribution in [3.63, 3.8) is 0 Å². The number of ether oxygens (including phenoxy) is 1. The fourth-order valence-electron chi connectivity index (χ4n) is 1.56. The maximum atomic E-state index is 13.2. The van der Waals surface area contributed by atoms with Crippen molar-refractivity contribution in [1.82, 2.24) is 0 Å². The third kappa shape index (κ3) is 2.44. The monoisotopic (exact) mass is 283 g/mol. The summed E-state index contributed by atoms with van der Waals surface area (Å²) in [6, 6.07) is 9.46. The van der Waals surface area contributed by atoms with Gasteiger partial charge in [0.05, 0.1) is 12.0 Å². The molecule has 0 aliphatic rings. The number of methoxy groups -OCH3 is 1. The van der Waals surface area contributed by atoms with Crippen LogP contribution in [0.5, 0.6) is 5.75 Å². The van der Waals surface area contributed by atoms with Crippen LogP contribution in [0.4, 0.5) is 8.78 Å². The van der Waals surface area contributed by atoms with Gasteiger partial charge in [0.2, 0.25) is 9.84 Å². The molecule has 2 aromatic rings. The van der Waals surface area contributed by atoms with Crippen molar-refractivity contribution in [2.75, 3.05) is 7.11 Å². The van der Waals surface area contributed by atoms with E-state index in [0.29, 0.717) is 12.1 Å². The van der Waals surface area contributed by atoms with Gasteiger partial charge in [-0.15, -0.1) is 0 Å². The lowest BCUT2D eigenvalue weighted by molar-refractivity contribution is 0.393. The van der Waals surface area contributed by atoms with E-state index in [1.165, 1.54) is 31.4 Å². The van der Waals surface area contributed by atoms with Gasteiger partial charge in [-0.05, 0) is 24.3 Å². The van der Waals surface area contributed by atoms with E-state index in [9.17, 15) is 17.2 Å². The van der Waals surface area contributed by atoms with Crippen molar-refractivity contribution < 1.29 is 21.9 Å². The molecular weight excluding hydrogens is 274 g/mol. The average molecular weight is 283 g/mol. The first-order chi connectivity index (χ1) is 8.96. The summed E-state index contributed by atoms with van der Waals surface area (Å²) in [5.41, 5.74) is 0. The lowest BCUT2D eigenvalue weighted by Crippen LogP contribution is -2.06. The molecule has 0 aliphatic heterocycles. The Bertz CT molecular complexity index is 697. The normalized spacial score (nSPS) is 11.3. The van der Waals surface area contributed by atoms with Crippen LogP contribution in [0.15, 0.2) is 46.2 Å². The smallest absolute Gasteiger partial charge is 0.210 e. The zero-order valence-electron chi connectivity index (χ0n) is 9.85. The molecule has 0 atom stereocenters. The second-order valence-corrected chi connectivity index (χ2v) is 5.57. The van der Waals surface area contributed by atoms with Gasteiger partial charge in [0.15, 0.2) is 11.6 Å². The van der Waals surface area contributed by atoms with E-state index in [4.69, 9.17) is 4.74 Å². The van der Waals surface area contributed by atoms with Gasteiger partial charge in [-0.25, -0.2) is 17.2 Å². The minimum absolute atomic E-state index is 0.0458. The molecule has 0 aromatic heterocycles. The van der Waals surface area contributed by atoms with Gasteiger partial charge in [0.1, 0.15) is 10.6 Å². The first-order valence-corrected chi connectivity index (χ1v) is 6.69. The zero-order valence-corrected chi connectivity index (χ0v) is 10.7. The van der Waals surface area contributed by atoms with E-state index < -0.39 is 26.4 Å². The summed E-state index contributed by atoms with van der Waals surface area (Å²) >= 11 is 0. The molecule has 0 amide bonds. The Morgan fingerprint density at radius 2 is 1.68 bits per heavy atom. The summed E-state index contributed by atoms with van der Waals surface area (Å²) in [6.45, 7) is 0. The van der Waals surface area contributed by atoms with E-state index >= 15 is 0 Å². The van der Waals surface area contributed by atoms with Gasteiger partial charge in [0, 0.05) is 6.07 Å². The Labute approximate surface area is 109 Å². The maximum absolute atomic E-state index is 13.2. The van der Waals surface area contributed by atoms with Crippen molar-refractivity contribution in [3.05, 3.63) is 54.1 Å². The SMILES string of the molecule is COc1cc(F)c(F)cc1S(=O)(=O)c1cc[c]cc1. The highest BCUT2D eigenvalue weighted by molar-refractivity contribution is 7.91. The molecule has 2 aromatic carbocycles. The number of rotatable bonds is 3. The van der Waals surface area contributed by atoms with Gasteiger partial charge >= 0.3 is 0 Å². The second-order valence-electron chi connectivity index (χ2n) is 3.66. The van der Waals surface area contributed by atoms with Crippen LogP contribution in [0.1, 0.15) is 0 Å². The summed E-state index contributed by atoms with van der Waals surface area (Å²) < 4.78 is 55.7. The van der Waals surface area contributed by atoms with Crippen molar-refractivity contribution in [1.29, 1.82) is 0 Å². The predicted octanol–water partition coefficient (Wildman–Crippen LogP) is 2.61. The molecule has 0 fully saturated rings. The molecule has 3 nitrogen and oxygen atoms in total. The topological polar surface area (TPSA) is 43.4 Å². The number of hydrogen-bond donors (Lipinski definition) is 0. The lowest BCUT2D eigenvalue weighted by Gasteiger charge is -2.10. The first-order valence-electron chi connectivity index (χ1n) is 5.21. The molecule has 0 N–H and O–H groups in total. The molecule has 1 radical (unpaired) electrons. The Hall–Kier alpha value is -1.95. The third-order valence-corrected chi connectivity index (χ3v) is 4.28. The molecular formula is C13H9F2O3S. The Morgan fingerprint density at radius 1 is 1.11 bits per heavy atom. The predicted molar refractivity (Wildman–Crippen MR) is 63.6 cm³/mol. The summed E-state index contributed by atoms with van der Waals surface area (Å²) in [5, 5.41) is 0. The van der Waals surface area contributed by atoms with Crippen LogP contribution in [-0.4, -0.2) is 15.5 Å². The van der Waals surface area contributed by atoms with Crippen molar-refractivity contribution in [3.8, 4) is 5.75 Å². The fraction of sp³-hybridized carbons (Fsp3) is 0.0769. The summed E-state index contributed by atoms with van der Waals surface area (Å²) in [6.07, 6.45) is 0. The fourth-order valence-corrected chi connectivity index (χ4v) is 2.97. The highest BCUT2D eigenvalue weighted by atomic mass is 32.2. The minimum atomic E-state index is -3.97. The summed E-state index contributed by atoms with van der Waals surface area (Å²) in [7, 11) is -2.79. The molecule has 0 spiro atoms. The summed E-state index contributed by atoms with van der Waals surface area (Å²) in [4.78, 5) is -0.462. The van der Waals surface area contributed by atoms with Gasteiger partial charge in [-0.2, -0.15) is 0 Å². The molecule has 19 heavy (non-hydrogen) atoms. The highest BCUT2D eigenvalue weighted by Gasteiger charge is 2.24. The van der Waals surface area contributed by atoms with E-state index in [1.807, 2.05) is 0 Å². The average Bonchev–Trinajstić information content (AvgIpc) is 2.42. The van der Waals surface area contributed by atoms with E-state index in [0.717, 1.165) is 0 Å². The van der Waals surface area contributed by atoms with Gasteiger partial charge in [-0.1, -0.05) is 12.1 Å². The van der Waals surface area contributed by atoms with Crippen LogP contribution in [0.25, 0.3) is 0 Å². The molecule has 2 rings (SSSR count). The van der Waals surface area contributed by atoms with E-state index in [2.05, 4.69) is 6.07 Å². The molecule has 0 heterocycles. The number of halogens is 2. The second kappa shape index (κ2) is 4.97. The minimum Gasteiger partial charge on any atom is -0.495 e. The number of hydrogen-bond acceptors (Lipinski definition) is 3. The number of sulfone groups is 1. The van der Waals surface area contributed by atoms with Crippen LogP contribution in [0.2, 0.25) is 0 Å². The summed E-state index contributed by atoms with van der Waals surface area (Å²) in [5.74, 6) is -2.66. The Kier molecular flexibility index (Phi) is 3.53. The Balaban J connectivity index is 2.68. The van der Waals surface area contributed by atoms with Crippen LogP contribution < -0.4 is 4.74 Å². The molecule has 99 valence electrons. The van der Waals surface area contributed by atoms with Crippen molar-refractivity contribution >= 4 is 9.84 Å². The van der Waals surface area contributed by atoms with E-state index in [-0.39, 0.29) is 10.6 Å². The Morgan fingerprint density at radius 3 is 2.26 bits per heavy atom. The molecule has 0 saturated carbocycles. The first kappa shape index (κ1) is 13.5. The largest absolute Gasteiger partial charge is 0.495 e. The van der Waals surface area contributed by atoms with Crippen molar-refractivity contribution in [2.24, 2.45) is 0 Å². The van der Waals surface area contributed by atoms with Crippen molar-refractivity contribution in [2.45, 2.75) is 9.79 Å². The molecule has 0 aliphatic carbocycles. The van der Waals surface area contributed by atoms with Gasteiger partial charge in [-0.3, -0.25) is 0 Å². The lowest BCUT2D eigenvalue weighted by atomic mass is 10.3. The van der Waals surface area contributed by atoms with E-state index in [1.54, 1.807) is 0 Å². The zero-order chi connectivity index (χ0) is 14.0. The maximum Gasteiger partial charge on any atom is 0.210 e. The third-order valence-electron chi connectivity index (χ3n) is 2.49. The van der Waals surface area contributed by atoms with Crippen LogP contribution in [0, 0.1) is 17.7 Å². The van der Waals surface area contributed by atoms with Crippen LogP contribution >= 0.6 is 0 Å². The van der Waals surface area contributed by atoms with Crippen LogP contribution in [0.3, 0.4) is 0 Å². The van der Waals surface area contributed by atoms with Gasteiger partial charge in [0.25, 0.3) is 0 Å². The van der Waals surface area contributed by atoms with Crippen LogP contribution in [-0.2, 0) is 9.84 Å². The standard InChI is InChI=1S/C13H9F2O3S/c1-18-12-7-10(14)11(15)8-13(12)19(16,17)9-5-3-2-4-6-9/h3-8H,1H3. The number of benzene rings is 2. The molecule has 0 bridgehead atoms. The molecule has 6 heteroatoms. The molecule has 0 unspecified atom stereocenters.